The van der Waals surface area contributed by atoms with Crippen molar-refractivity contribution in [2.24, 2.45) is 0 Å². The van der Waals surface area contributed by atoms with Crippen LogP contribution in [0.15, 0.2) is 42.7 Å². The highest BCUT2D eigenvalue weighted by Crippen LogP contribution is 2.30. The van der Waals surface area contributed by atoms with Gasteiger partial charge in [0.2, 0.25) is 0 Å². The molecule has 2 N–H and O–H groups in total. The van der Waals surface area contributed by atoms with Crippen molar-refractivity contribution in [1.29, 1.82) is 0 Å². The first-order valence-corrected chi connectivity index (χ1v) is 7.00. The Labute approximate surface area is 136 Å². The summed E-state index contributed by atoms with van der Waals surface area (Å²) in [5.74, 6) is -0.378. The maximum Gasteiger partial charge on any atom is 0.416 e. The van der Waals surface area contributed by atoms with E-state index in [0.717, 1.165) is 24.3 Å². The molecule has 0 saturated carbocycles. The molecule has 0 aliphatic heterocycles. The number of aromatic nitrogens is 1. The van der Waals surface area contributed by atoms with Gasteiger partial charge in [-0.05, 0) is 37.3 Å². The van der Waals surface area contributed by atoms with Gasteiger partial charge in [0.15, 0.2) is 6.10 Å². The number of benzene rings is 1. The minimum Gasteiger partial charge on any atom is -0.481 e. The van der Waals surface area contributed by atoms with E-state index in [1.807, 2.05) is 0 Å². The lowest BCUT2D eigenvalue weighted by molar-refractivity contribution is -0.137. The van der Waals surface area contributed by atoms with Crippen molar-refractivity contribution < 1.29 is 27.8 Å². The van der Waals surface area contributed by atoms with Crippen molar-refractivity contribution in [2.45, 2.75) is 25.8 Å². The van der Waals surface area contributed by atoms with Gasteiger partial charge in [-0.1, -0.05) is 0 Å². The summed E-state index contributed by atoms with van der Waals surface area (Å²) in [6, 6.07) is 5.61. The topological polar surface area (TPSA) is 71.5 Å². The van der Waals surface area contributed by atoms with Gasteiger partial charge in [-0.2, -0.15) is 13.2 Å². The van der Waals surface area contributed by atoms with Crippen LogP contribution < -0.4 is 10.1 Å². The number of nitrogens with zero attached hydrogens (tertiary/aromatic N) is 1. The van der Waals surface area contributed by atoms with Gasteiger partial charge in [0.25, 0.3) is 5.91 Å². The van der Waals surface area contributed by atoms with Crippen molar-refractivity contribution in [1.82, 2.24) is 4.98 Å². The number of hydrogen-bond donors (Lipinski definition) is 2. The third-order valence-corrected chi connectivity index (χ3v) is 3.20. The fraction of sp³-hybridized carbons (Fsp3) is 0.250. The minimum absolute atomic E-state index is 0.138. The van der Waals surface area contributed by atoms with Crippen molar-refractivity contribution in [2.75, 3.05) is 5.32 Å². The van der Waals surface area contributed by atoms with E-state index in [0.29, 0.717) is 11.3 Å². The standard InChI is InChI=1S/C16H15F3N2O3/c1-10(15(23)21-14-8-20-7-6-11(14)9-22)24-13-4-2-12(3-5-13)16(17,18)19/h2-8,10,22H,9H2,1H3,(H,21,23). The third kappa shape index (κ3) is 4.45. The highest BCUT2D eigenvalue weighted by atomic mass is 19.4. The summed E-state index contributed by atoms with van der Waals surface area (Å²) in [5, 5.41) is 11.7. The Bertz CT molecular complexity index is 702. The van der Waals surface area contributed by atoms with Crippen LogP contribution in [-0.2, 0) is 17.6 Å². The molecule has 24 heavy (non-hydrogen) atoms. The molecule has 1 heterocycles. The zero-order valence-electron chi connectivity index (χ0n) is 12.7. The van der Waals surface area contributed by atoms with Crippen LogP contribution in [0.25, 0.3) is 0 Å². The number of amides is 1. The van der Waals surface area contributed by atoms with Crippen LogP contribution in [0.5, 0.6) is 5.75 Å². The molecule has 0 bridgehead atoms. The number of anilines is 1. The molecule has 1 aromatic heterocycles. The number of pyridine rings is 1. The quantitative estimate of drug-likeness (QED) is 0.878. The molecular weight excluding hydrogens is 325 g/mol. The lowest BCUT2D eigenvalue weighted by atomic mass is 10.2. The second-order valence-corrected chi connectivity index (χ2v) is 4.96. The summed E-state index contributed by atoms with van der Waals surface area (Å²) in [5.41, 5.74) is 0.0304. The number of aliphatic hydroxyl groups is 1. The van der Waals surface area contributed by atoms with Gasteiger partial charge in [0, 0.05) is 11.8 Å². The molecule has 0 aliphatic rings. The third-order valence-electron chi connectivity index (χ3n) is 3.20. The Kier molecular flexibility index (Phi) is 5.40. The average molecular weight is 340 g/mol. The number of halogens is 3. The number of carbonyl (C=O) groups is 1. The normalized spacial score (nSPS) is 12.5. The number of ether oxygens (including phenoxy) is 1. The predicted octanol–water partition coefficient (Wildman–Crippen LogP) is 3.00. The summed E-state index contributed by atoms with van der Waals surface area (Å²) in [4.78, 5) is 15.9. The summed E-state index contributed by atoms with van der Waals surface area (Å²) < 4.78 is 42.8. The van der Waals surface area contributed by atoms with Crippen molar-refractivity contribution in [3.8, 4) is 5.75 Å². The smallest absolute Gasteiger partial charge is 0.416 e. The first-order valence-electron chi connectivity index (χ1n) is 7.00. The molecule has 0 radical (unpaired) electrons. The van der Waals surface area contributed by atoms with E-state index in [1.165, 1.54) is 19.3 Å². The summed E-state index contributed by atoms with van der Waals surface area (Å²) in [6.07, 6.45) is -2.52. The summed E-state index contributed by atoms with van der Waals surface area (Å²) >= 11 is 0. The SMILES string of the molecule is CC(Oc1ccc(C(F)(F)F)cc1)C(=O)Nc1cnccc1CO. The number of hydrogen-bond acceptors (Lipinski definition) is 4. The van der Waals surface area contributed by atoms with Crippen molar-refractivity contribution in [3.63, 3.8) is 0 Å². The van der Waals surface area contributed by atoms with Gasteiger partial charge < -0.3 is 15.2 Å². The molecule has 1 aromatic carbocycles. The van der Waals surface area contributed by atoms with E-state index >= 15 is 0 Å². The zero-order valence-corrected chi connectivity index (χ0v) is 12.7. The lowest BCUT2D eigenvalue weighted by Crippen LogP contribution is -2.30. The molecule has 1 unspecified atom stereocenters. The summed E-state index contributed by atoms with van der Waals surface area (Å²) in [6.45, 7) is 1.19. The molecule has 0 spiro atoms. The number of rotatable bonds is 5. The van der Waals surface area contributed by atoms with Gasteiger partial charge in [-0.3, -0.25) is 9.78 Å². The number of nitrogens with one attached hydrogen (secondary N) is 1. The zero-order chi connectivity index (χ0) is 17.7. The fourth-order valence-corrected chi connectivity index (χ4v) is 1.89. The molecule has 8 heteroatoms. The highest BCUT2D eigenvalue weighted by Gasteiger charge is 2.30. The Hall–Kier alpha value is -2.61. The monoisotopic (exact) mass is 340 g/mol. The van der Waals surface area contributed by atoms with E-state index < -0.39 is 23.8 Å². The second-order valence-electron chi connectivity index (χ2n) is 4.96. The van der Waals surface area contributed by atoms with Crippen LogP contribution in [0, 0.1) is 0 Å². The van der Waals surface area contributed by atoms with E-state index in [2.05, 4.69) is 10.3 Å². The highest BCUT2D eigenvalue weighted by molar-refractivity contribution is 5.94. The van der Waals surface area contributed by atoms with Gasteiger partial charge in [0.1, 0.15) is 5.75 Å². The Balaban J connectivity index is 2.01. The lowest BCUT2D eigenvalue weighted by Gasteiger charge is -2.16. The number of carbonyl (C=O) groups excluding carboxylic acids is 1. The Morgan fingerprint density at radius 2 is 1.96 bits per heavy atom. The van der Waals surface area contributed by atoms with Crippen LogP contribution in [0.1, 0.15) is 18.1 Å². The van der Waals surface area contributed by atoms with Gasteiger partial charge in [-0.25, -0.2) is 0 Å². The number of aliphatic hydroxyl groups excluding tert-OH is 1. The van der Waals surface area contributed by atoms with Crippen molar-refractivity contribution in [3.05, 3.63) is 53.9 Å². The molecular formula is C16H15F3N2O3. The largest absolute Gasteiger partial charge is 0.481 e. The molecule has 0 saturated heterocycles. The van der Waals surface area contributed by atoms with E-state index in [4.69, 9.17) is 4.74 Å². The average Bonchev–Trinajstić information content (AvgIpc) is 2.55. The minimum atomic E-state index is -4.43. The van der Waals surface area contributed by atoms with Crippen LogP contribution >= 0.6 is 0 Å². The van der Waals surface area contributed by atoms with E-state index in [9.17, 15) is 23.1 Å². The van der Waals surface area contributed by atoms with E-state index in [-0.39, 0.29) is 12.4 Å². The maximum atomic E-state index is 12.5. The Morgan fingerprint density at radius 3 is 2.54 bits per heavy atom. The molecule has 128 valence electrons. The maximum absolute atomic E-state index is 12.5. The fourth-order valence-electron chi connectivity index (χ4n) is 1.89. The molecule has 0 fully saturated rings. The van der Waals surface area contributed by atoms with Gasteiger partial charge in [0.05, 0.1) is 24.1 Å². The second kappa shape index (κ2) is 7.31. The van der Waals surface area contributed by atoms with Crippen LogP contribution in [0.3, 0.4) is 0 Å². The number of alkyl halides is 3. The van der Waals surface area contributed by atoms with E-state index in [1.54, 1.807) is 6.07 Å². The molecule has 2 aromatic rings. The van der Waals surface area contributed by atoms with Gasteiger partial charge in [-0.15, -0.1) is 0 Å². The summed E-state index contributed by atoms with van der Waals surface area (Å²) in [7, 11) is 0. The Morgan fingerprint density at radius 1 is 1.29 bits per heavy atom. The molecule has 1 amide bonds. The predicted molar refractivity (Wildman–Crippen MR) is 80.3 cm³/mol. The molecule has 5 nitrogen and oxygen atoms in total. The first-order chi connectivity index (χ1) is 11.3. The first kappa shape index (κ1) is 17.7. The van der Waals surface area contributed by atoms with Crippen molar-refractivity contribution >= 4 is 11.6 Å². The molecule has 0 aliphatic carbocycles. The van der Waals surface area contributed by atoms with Crippen LogP contribution in [0.4, 0.5) is 18.9 Å². The van der Waals surface area contributed by atoms with Crippen LogP contribution in [-0.4, -0.2) is 22.1 Å². The molecule has 1 atom stereocenters. The molecule has 2 rings (SSSR count). The van der Waals surface area contributed by atoms with Gasteiger partial charge >= 0.3 is 6.18 Å². The van der Waals surface area contributed by atoms with Crippen LogP contribution in [0.2, 0.25) is 0 Å².